The van der Waals surface area contributed by atoms with Crippen LogP contribution >= 0.6 is 15.9 Å². The van der Waals surface area contributed by atoms with Crippen molar-refractivity contribution in [3.63, 3.8) is 0 Å². The van der Waals surface area contributed by atoms with Crippen molar-refractivity contribution in [2.75, 3.05) is 12.0 Å². The molecule has 4 nitrogen and oxygen atoms in total. The fourth-order valence-electron chi connectivity index (χ4n) is 1.79. The molecule has 0 saturated heterocycles. The van der Waals surface area contributed by atoms with Crippen LogP contribution in [0.5, 0.6) is 5.75 Å². The maximum absolute atomic E-state index is 11.8. The van der Waals surface area contributed by atoms with Crippen LogP contribution in [0.3, 0.4) is 0 Å². The number of benzene rings is 2. The topological polar surface area (TPSA) is 50.4 Å². The average Bonchev–Trinajstić information content (AvgIpc) is 2.46. The van der Waals surface area contributed by atoms with Crippen LogP contribution in [-0.4, -0.2) is 12.8 Å². The zero-order chi connectivity index (χ0) is 15.2. The molecule has 0 radical (unpaired) electrons. The molecule has 2 amide bonds. The first-order valence-electron chi connectivity index (χ1n) is 6.56. The Morgan fingerprint density at radius 1 is 1.14 bits per heavy atom. The van der Waals surface area contributed by atoms with E-state index in [0.29, 0.717) is 5.69 Å². The molecule has 2 aromatic carbocycles. The first-order valence-corrected chi connectivity index (χ1v) is 7.35. The van der Waals surface area contributed by atoms with Crippen molar-refractivity contribution >= 4 is 27.6 Å². The lowest BCUT2D eigenvalue weighted by molar-refractivity contribution is 0.234. The summed E-state index contributed by atoms with van der Waals surface area (Å²) in [5, 5.41) is 5.41. The Labute approximate surface area is 132 Å². The van der Waals surface area contributed by atoms with E-state index in [0.717, 1.165) is 21.3 Å². The minimum absolute atomic E-state index is 0.112. The van der Waals surface area contributed by atoms with Gasteiger partial charge in [0.2, 0.25) is 0 Å². The minimum Gasteiger partial charge on any atom is -0.473 e. The average molecular weight is 349 g/mol. The van der Waals surface area contributed by atoms with Gasteiger partial charge >= 0.3 is 6.03 Å². The molecule has 2 N–H and O–H groups in total. The number of amides is 2. The SMILES string of the molecule is Cc1cccc(OCNC(=O)Nc2ccccc2Br)c1C. The van der Waals surface area contributed by atoms with E-state index in [-0.39, 0.29) is 12.8 Å². The number of hydrogen-bond acceptors (Lipinski definition) is 2. The summed E-state index contributed by atoms with van der Waals surface area (Å²) in [6.45, 7) is 4.13. The molecule has 0 aliphatic heterocycles. The van der Waals surface area contributed by atoms with Crippen molar-refractivity contribution in [1.82, 2.24) is 5.32 Å². The van der Waals surface area contributed by atoms with Gasteiger partial charge in [-0.2, -0.15) is 0 Å². The number of hydrogen-bond donors (Lipinski definition) is 2. The maximum Gasteiger partial charge on any atom is 0.321 e. The number of halogens is 1. The Balaban J connectivity index is 1.85. The molecule has 0 aromatic heterocycles. The molecule has 0 unspecified atom stereocenters. The van der Waals surface area contributed by atoms with Gasteiger partial charge in [0.05, 0.1) is 5.69 Å². The number of carbonyl (C=O) groups excluding carboxylic acids is 1. The van der Waals surface area contributed by atoms with Crippen LogP contribution in [-0.2, 0) is 0 Å². The minimum atomic E-state index is -0.313. The van der Waals surface area contributed by atoms with Gasteiger partial charge in [0.1, 0.15) is 5.75 Å². The Kier molecular flexibility index (Phi) is 5.22. The normalized spacial score (nSPS) is 10.0. The van der Waals surface area contributed by atoms with E-state index in [9.17, 15) is 4.79 Å². The van der Waals surface area contributed by atoms with Crippen molar-refractivity contribution in [2.45, 2.75) is 13.8 Å². The number of rotatable bonds is 4. The van der Waals surface area contributed by atoms with Gasteiger partial charge in [-0.15, -0.1) is 0 Å². The molecule has 21 heavy (non-hydrogen) atoms. The molecule has 0 aliphatic rings. The fraction of sp³-hybridized carbons (Fsp3) is 0.188. The maximum atomic E-state index is 11.8. The van der Waals surface area contributed by atoms with E-state index >= 15 is 0 Å². The summed E-state index contributed by atoms with van der Waals surface area (Å²) in [7, 11) is 0. The van der Waals surface area contributed by atoms with Crippen LogP contribution in [0.4, 0.5) is 10.5 Å². The highest BCUT2D eigenvalue weighted by molar-refractivity contribution is 9.10. The van der Waals surface area contributed by atoms with Gasteiger partial charge in [0.25, 0.3) is 0 Å². The molecule has 0 heterocycles. The number of nitrogens with one attached hydrogen (secondary N) is 2. The molecule has 0 saturated carbocycles. The fourth-order valence-corrected chi connectivity index (χ4v) is 2.17. The second-order valence-electron chi connectivity index (χ2n) is 4.60. The lowest BCUT2D eigenvalue weighted by Crippen LogP contribution is -2.32. The highest BCUT2D eigenvalue weighted by Crippen LogP contribution is 2.21. The van der Waals surface area contributed by atoms with E-state index in [1.54, 1.807) is 0 Å². The van der Waals surface area contributed by atoms with E-state index < -0.39 is 0 Å². The summed E-state index contributed by atoms with van der Waals surface area (Å²) < 4.78 is 6.40. The van der Waals surface area contributed by atoms with Gasteiger partial charge in [0, 0.05) is 4.47 Å². The van der Waals surface area contributed by atoms with Gasteiger partial charge in [-0.25, -0.2) is 4.79 Å². The van der Waals surface area contributed by atoms with Crippen molar-refractivity contribution in [3.05, 3.63) is 58.1 Å². The number of aryl methyl sites for hydroxylation is 1. The molecule has 2 aromatic rings. The lowest BCUT2D eigenvalue weighted by Gasteiger charge is -2.12. The van der Waals surface area contributed by atoms with Crippen molar-refractivity contribution in [1.29, 1.82) is 0 Å². The van der Waals surface area contributed by atoms with Crippen LogP contribution in [0.15, 0.2) is 46.9 Å². The predicted molar refractivity (Wildman–Crippen MR) is 87.7 cm³/mol. The summed E-state index contributed by atoms with van der Waals surface area (Å²) in [5.74, 6) is 0.774. The van der Waals surface area contributed by atoms with E-state index in [2.05, 4.69) is 26.6 Å². The first-order chi connectivity index (χ1) is 10.1. The van der Waals surface area contributed by atoms with Crippen molar-refractivity contribution in [2.24, 2.45) is 0 Å². The van der Waals surface area contributed by atoms with Crippen molar-refractivity contribution < 1.29 is 9.53 Å². The molecule has 0 aliphatic carbocycles. The molecule has 0 spiro atoms. The van der Waals surface area contributed by atoms with E-state index in [1.807, 2.05) is 56.3 Å². The second-order valence-corrected chi connectivity index (χ2v) is 5.45. The molecule has 0 fully saturated rings. The van der Waals surface area contributed by atoms with Crippen LogP contribution < -0.4 is 15.4 Å². The first kappa shape index (κ1) is 15.4. The number of urea groups is 1. The van der Waals surface area contributed by atoms with Crippen LogP contribution in [0.25, 0.3) is 0 Å². The van der Waals surface area contributed by atoms with Gasteiger partial charge in [-0.3, -0.25) is 0 Å². The third kappa shape index (κ3) is 4.23. The molecule has 0 atom stereocenters. The quantitative estimate of drug-likeness (QED) is 0.812. The third-order valence-corrected chi connectivity index (χ3v) is 3.83. The Morgan fingerprint density at radius 3 is 2.67 bits per heavy atom. The standard InChI is InChI=1S/C16H17BrN2O2/c1-11-6-5-9-15(12(11)2)21-10-18-16(20)19-14-8-4-3-7-13(14)17/h3-9H,10H2,1-2H3,(H2,18,19,20). The number of anilines is 1. The highest BCUT2D eigenvalue weighted by atomic mass is 79.9. The summed E-state index contributed by atoms with van der Waals surface area (Å²) in [4.78, 5) is 11.8. The number of para-hydroxylation sites is 1. The molecule has 2 rings (SSSR count). The summed E-state index contributed by atoms with van der Waals surface area (Å²) in [6, 6.07) is 12.9. The Hall–Kier alpha value is -2.01. The van der Waals surface area contributed by atoms with E-state index in [1.165, 1.54) is 0 Å². The summed E-state index contributed by atoms with van der Waals surface area (Å²) >= 11 is 3.37. The molecular weight excluding hydrogens is 332 g/mol. The number of ether oxygens (including phenoxy) is 1. The van der Waals surface area contributed by atoms with Crippen LogP contribution in [0, 0.1) is 13.8 Å². The largest absolute Gasteiger partial charge is 0.473 e. The molecule has 5 heteroatoms. The summed E-state index contributed by atoms with van der Waals surface area (Å²) in [5.41, 5.74) is 2.94. The van der Waals surface area contributed by atoms with Gasteiger partial charge in [0.15, 0.2) is 6.73 Å². The van der Waals surface area contributed by atoms with Gasteiger partial charge in [-0.05, 0) is 59.1 Å². The van der Waals surface area contributed by atoms with Crippen LogP contribution in [0.2, 0.25) is 0 Å². The molecule has 110 valence electrons. The molecular formula is C16H17BrN2O2. The lowest BCUT2D eigenvalue weighted by atomic mass is 10.1. The van der Waals surface area contributed by atoms with Crippen molar-refractivity contribution in [3.8, 4) is 5.75 Å². The monoisotopic (exact) mass is 348 g/mol. The van der Waals surface area contributed by atoms with E-state index in [4.69, 9.17) is 4.74 Å². The second kappa shape index (κ2) is 7.13. The smallest absolute Gasteiger partial charge is 0.321 e. The highest BCUT2D eigenvalue weighted by Gasteiger charge is 2.05. The Bertz CT molecular complexity index is 644. The Morgan fingerprint density at radius 2 is 1.90 bits per heavy atom. The number of carbonyl (C=O) groups is 1. The zero-order valence-corrected chi connectivity index (χ0v) is 13.5. The molecule has 0 bridgehead atoms. The zero-order valence-electron chi connectivity index (χ0n) is 11.9. The van der Waals surface area contributed by atoms with Gasteiger partial charge < -0.3 is 15.4 Å². The third-order valence-electron chi connectivity index (χ3n) is 3.14. The van der Waals surface area contributed by atoms with Crippen LogP contribution in [0.1, 0.15) is 11.1 Å². The predicted octanol–water partition coefficient (Wildman–Crippen LogP) is 4.22. The summed E-state index contributed by atoms with van der Waals surface area (Å²) in [6.07, 6.45) is 0. The van der Waals surface area contributed by atoms with Gasteiger partial charge in [-0.1, -0.05) is 24.3 Å².